The lowest BCUT2D eigenvalue weighted by molar-refractivity contribution is -0.125. The summed E-state index contributed by atoms with van der Waals surface area (Å²) in [5.41, 5.74) is 1.64. The van der Waals surface area contributed by atoms with E-state index in [0.717, 1.165) is 20.6 Å². The number of phenolic OH excluding ortho intramolecular Hbond substituents is 1. The predicted molar refractivity (Wildman–Crippen MR) is 189 cm³/mol. The van der Waals surface area contributed by atoms with Gasteiger partial charge in [0.05, 0.1) is 37.4 Å². The Bertz CT molecular complexity index is 1960. The van der Waals surface area contributed by atoms with Crippen LogP contribution in [0.4, 0.5) is 15.8 Å². The van der Waals surface area contributed by atoms with E-state index in [4.69, 9.17) is 32.7 Å². The first kappa shape index (κ1) is 33.6. The van der Waals surface area contributed by atoms with Gasteiger partial charge in [0, 0.05) is 9.49 Å². The number of phenols is 1. The van der Waals surface area contributed by atoms with Crippen LogP contribution in [0.2, 0.25) is 0 Å². The number of carbonyl (C=O) groups excluding carboxylic acids is 4. The molecule has 0 unspecified atom stereocenters. The number of hydrogen-bond acceptors (Lipinski definition) is 7. The maximum Gasteiger partial charge on any atom is 0.258 e. The Labute approximate surface area is 304 Å². The molecule has 1 N–H and O–H groups in total. The number of rotatable bonds is 6. The molecule has 7 rings (SSSR count). The van der Waals surface area contributed by atoms with Gasteiger partial charge in [-0.2, -0.15) is 0 Å². The van der Waals surface area contributed by atoms with Gasteiger partial charge in [-0.1, -0.05) is 23.8 Å². The highest BCUT2D eigenvalue weighted by molar-refractivity contribution is 14.1. The van der Waals surface area contributed by atoms with E-state index >= 15 is 0 Å². The molecule has 49 heavy (non-hydrogen) atoms. The van der Waals surface area contributed by atoms with E-state index < -0.39 is 57.0 Å². The number of amides is 4. The van der Waals surface area contributed by atoms with Crippen molar-refractivity contribution in [1.82, 2.24) is 0 Å². The van der Waals surface area contributed by atoms with E-state index in [9.17, 15) is 28.7 Å². The van der Waals surface area contributed by atoms with Gasteiger partial charge in [-0.3, -0.25) is 24.1 Å². The molecule has 3 aromatic rings. The van der Waals surface area contributed by atoms with Crippen LogP contribution in [0.25, 0.3) is 6.08 Å². The number of aromatic hydroxyl groups is 1. The number of halogens is 4. The minimum Gasteiger partial charge on any atom is -0.502 e. The highest BCUT2D eigenvalue weighted by Gasteiger charge is 2.76. The Morgan fingerprint density at radius 2 is 1.47 bits per heavy atom. The van der Waals surface area contributed by atoms with Crippen LogP contribution in [0.5, 0.6) is 17.2 Å². The molecule has 0 bridgehead atoms. The standard InChI is InChI=1S/C36H28Cl2FIN2O7/c1-48-27-15-18(16-28(49-2)30(27)43)3-14-26-23-12-13-24-29(32(45)41(31(24)44)21-10-6-20(40)7-11-21)25(23)17-35(37)33(46)42(34(47)36(26,35)38)22-8-4-19(39)5-9-22/h3-12,14-16,24-26,29,43H,13,17H2,1-2H3/t24-,25+,26-,29-,35+,36-/m0/s1. The summed E-state index contributed by atoms with van der Waals surface area (Å²) in [4.78, 5) is 54.8. The molecule has 0 spiro atoms. The summed E-state index contributed by atoms with van der Waals surface area (Å²) in [6.45, 7) is 0. The van der Waals surface area contributed by atoms with Crippen molar-refractivity contribution in [3.63, 3.8) is 0 Å². The van der Waals surface area contributed by atoms with Crippen molar-refractivity contribution in [3.8, 4) is 17.2 Å². The van der Waals surface area contributed by atoms with Gasteiger partial charge >= 0.3 is 0 Å². The average Bonchev–Trinajstić information content (AvgIpc) is 3.43. The largest absolute Gasteiger partial charge is 0.502 e. The minimum absolute atomic E-state index is 0.0911. The van der Waals surface area contributed by atoms with Gasteiger partial charge in [-0.05, 0) is 108 Å². The molecule has 3 fully saturated rings. The van der Waals surface area contributed by atoms with E-state index in [0.29, 0.717) is 16.8 Å². The molecule has 4 aliphatic rings. The van der Waals surface area contributed by atoms with Crippen LogP contribution in [0.3, 0.4) is 0 Å². The average molecular weight is 817 g/mol. The van der Waals surface area contributed by atoms with Crippen LogP contribution in [0.15, 0.2) is 78.4 Å². The summed E-state index contributed by atoms with van der Waals surface area (Å²) >= 11 is 16.9. The Balaban J connectivity index is 1.37. The number of benzene rings is 3. The fraction of sp³-hybridized carbons (Fsp3) is 0.278. The SMILES string of the molecule is COc1cc(C=C[C@H]2C3=CC[C@@H]4C(=O)N(c5ccc(I)cc5)C(=O)[C@@H]4[C@@H]3C[C@@]3(Cl)C(=O)N(c4ccc(F)cc4)C(=O)[C@@]23Cl)cc(OC)c1O. The van der Waals surface area contributed by atoms with Gasteiger partial charge in [0.25, 0.3) is 11.8 Å². The number of imide groups is 2. The second-order valence-electron chi connectivity index (χ2n) is 12.4. The highest BCUT2D eigenvalue weighted by Crippen LogP contribution is 2.63. The molecule has 0 radical (unpaired) electrons. The Kier molecular flexibility index (Phi) is 8.31. The van der Waals surface area contributed by atoms with E-state index in [1.54, 1.807) is 48.6 Å². The van der Waals surface area contributed by atoms with Gasteiger partial charge in [-0.25, -0.2) is 9.29 Å². The topological polar surface area (TPSA) is 113 Å². The first-order valence-electron chi connectivity index (χ1n) is 15.3. The number of nitrogens with zero attached hydrogens (tertiary/aromatic N) is 2. The van der Waals surface area contributed by atoms with Gasteiger partial charge in [0.2, 0.25) is 17.6 Å². The second kappa shape index (κ2) is 12.1. The van der Waals surface area contributed by atoms with E-state index in [-0.39, 0.29) is 41.7 Å². The fourth-order valence-corrected chi connectivity index (χ4v) is 8.96. The Morgan fingerprint density at radius 3 is 2.08 bits per heavy atom. The molecule has 0 aromatic heterocycles. The maximum atomic E-state index is 14.4. The van der Waals surface area contributed by atoms with Crippen molar-refractivity contribution >= 4 is 86.9 Å². The summed E-state index contributed by atoms with van der Waals surface area (Å²) in [5, 5.41) is 10.5. The molecule has 4 amide bonds. The molecular formula is C36H28Cl2FIN2O7. The zero-order valence-corrected chi connectivity index (χ0v) is 29.7. The number of anilines is 2. The first-order valence-corrected chi connectivity index (χ1v) is 17.2. The number of methoxy groups -OCH3 is 2. The van der Waals surface area contributed by atoms with Gasteiger partial charge < -0.3 is 14.6 Å². The van der Waals surface area contributed by atoms with Gasteiger partial charge in [0.1, 0.15) is 5.82 Å². The molecule has 9 nitrogen and oxygen atoms in total. The smallest absolute Gasteiger partial charge is 0.258 e. The zero-order valence-electron chi connectivity index (χ0n) is 26.0. The predicted octanol–water partition coefficient (Wildman–Crippen LogP) is 6.47. The molecule has 13 heteroatoms. The molecular weight excluding hydrogens is 789 g/mol. The lowest BCUT2D eigenvalue weighted by Crippen LogP contribution is -2.60. The van der Waals surface area contributed by atoms with Crippen molar-refractivity contribution in [1.29, 1.82) is 0 Å². The number of fused-ring (bicyclic) bond motifs is 4. The van der Waals surface area contributed by atoms with Crippen molar-refractivity contribution in [3.05, 3.63) is 93.3 Å². The molecule has 6 atom stereocenters. The summed E-state index contributed by atoms with van der Waals surface area (Å²) in [5.74, 6) is -6.21. The summed E-state index contributed by atoms with van der Waals surface area (Å²) in [7, 11) is 2.78. The number of ether oxygens (including phenoxy) is 2. The van der Waals surface area contributed by atoms with E-state index in [1.807, 2.05) is 6.08 Å². The number of hydrogen-bond donors (Lipinski definition) is 1. The van der Waals surface area contributed by atoms with Gasteiger partial charge in [-0.15, -0.1) is 23.2 Å². The number of alkyl halides is 2. The third-order valence-corrected chi connectivity index (χ3v) is 12.2. The normalized spacial score (nSPS) is 29.2. The zero-order chi connectivity index (χ0) is 35.0. The second-order valence-corrected chi connectivity index (χ2v) is 14.9. The van der Waals surface area contributed by atoms with E-state index in [1.165, 1.54) is 31.3 Å². The van der Waals surface area contributed by atoms with Gasteiger partial charge in [0.15, 0.2) is 21.2 Å². The summed E-state index contributed by atoms with van der Waals surface area (Å²) in [6, 6.07) is 15.0. The molecule has 1 saturated carbocycles. The quantitative estimate of drug-likeness (QED) is 0.132. The third-order valence-electron chi connectivity index (χ3n) is 10.0. The van der Waals surface area contributed by atoms with E-state index in [2.05, 4.69) is 22.6 Å². The minimum atomic E-state index is -2.07. The first-order chi connectivity index (χ1) is 23.3. The van der Waals surface area contributed by atoms with Crippen LogP contribution >= 0.6 is 45.8 Å². The van der Waals surface area contributed by atoms with Crippen molar-refractivity contribution < 1.29 is 38.1 Å². The maximum absolute atomic E-state index is 14.4. The molecule has 2 heterocycles. The number of carbonyl (C=O) groups is 4. The van der Waals surface area contributed by atoms with Crippen LogP contribution < -0.4 is 19.3 Å². The molecule has 2 aliphatic carbocycles. The van der Waals surface area contributed by atoms with Crippen molar-refractivity contribution in [2.75, 3.05) is 24.0 Å². The van der Waals surface area contributed by atoms with Crippen LogP contribution in [0.1, 0.15) is 18.4 Å². The van der Waals surface area contributed by atoms with Crippen LogP contribution in [-0.4, -0.2) is 52.7 Å². The monoisotopic (exact) mass is 816 g/mol. The van der Waals surface area contributed by atoms with Crippen molar-refractivity contribution in [2.45, 2.75) is 22.6 Å². The summed E-state index contributed by atoms with van der Waals surface area (Å²) in [6.07, 6.45) is 5.13. The van der Waals surface area contributed by atoms with Crippen LogP contribution in [0, 0.1) is 33.1 Å². The fourth-order valence-electron chi connectivity index (χ4n) is 7.71. The van der Waals surface area contributed by atoms with Crippen LogP contribution in [-0.2, 0) is 19.2 Å². The molecule has 252 valence electrons. The molecule has 2 saturated heterocycles. The Morgan fingerprint density at radius 1 is 0.878 bits per heavy atom. The molecule has 3 aromatic carbocycles. The van der Waals surface area contributed by atoms with Crippen molar-refractivity contribution in [2.24, 2.45) is 23.7 Å². The summed E-state index contributed by atoms with van der Waals surface area (Å²) < 4.78 is 25.4. The third kappa shape index (κ3) is 4.90. The Hall–Kier alpha value is -3.94. The molecule has 2 aliphatic heterocycles. The highest BCUT2D eigenvalue weighted by atomic mass is 127. The lowest BCUT2D eigenvalue weighted by atomic mass is 9.57. The number of allylic oxidation sites excluding steroid dienone is 3. The lowest BCUT2D eigenvalue weighted by Gasteiger charge is -2.49.